The van der Waals surface area contributed by atoms with E-state index in [9.17, 15) is 14.3 Å². The van der Waals surface area contributed by atoms with Gasteiger partial charge in [0.05, 0.1) is 6.61 Å². The monoisotopic (exact) mass is 211 g/mol. The Hall–Kier alpha value is -1.62. The predicted molar refractivity (Wildman–Crippen MR) is 49.6 cm³/mol. The van der Waals surface area contributed by atoms with Crippen molar-refractivity contribution < 1.29 is 19.0 Å². The van der Waals surface area contributed by atoms with E-state index in [0.29, 0.717) is 5.56 Å². The molecule has 80 valence electrons. The van der Waals surface area contributed by atoms with Crippen LogP contribution in [0.1, 0.15) is 5.56 Å². The van der Waals surface area contributed by atoms with Crippen molar-refractivity contribution >= 4 is 6.09 Å². The van der Waals surface area contributed by atoms with E-state index in [4.69, 9.17) is 4.74 Å². The van der Waals surface area contributed by atoms with Crippen LogP contribution in [0.2, 0.25) is 0 Å². The third-order valence-electron chi connectivity index (χ3n) is 2.46. The molecule has 1 atom stereocenters. The van der Waals surface area contributed by atoms with Crippen LogP contribution in [0, 0.1) is 5.82 Å². The number of benzene rings is 1. The summed E-state index contributed by atoms with van der Waals surface area (Å²) in [5.41, 5.74) is -0.317. The average molecular weight is 211 g/mol. The number of aliphatic hydroxyl groups is 1. The van der Waals surface area contributed by atoms with Gasteiger partial charge in [0, 0.05) is 0 Å². The van der Waals surface area contributed by atoms with E-state index in [1.165, 1.54) is 24.3 Å². The minimum atomic E-state index is -0.940. The quantitative estimate of drug-likeness (QED) is 0.759. The first-order valence-corrected chi connectivity index (χ1v) is 4.48. The summed E-state index contributed by atoms with van der Waals surface area (Å²) in [6.07, 6.45) is -0.576. The van der Waals surface area contributed by atoms with Crippen LogP contribution >= 0.6 is 0 Å². The summed E-state index contributed by atoms with van der Waals surface area (Å²) in [6, 6.07) is 5.58. The Labute approximate surface area is 85.7 Å². The Morgan fingerprint density at radius 1 is 1.47 bits per heavy atom. The summed E-state index contributed by atoms with van der Waals surface area (Å²) in [7, 11) is 0. The van der Waals surface area contributed by atoms with Crippen molar-refractivity contribution in [3.63, 3.8) is 0 Å². The number of alkyl carbamates (subject to hydrolysis) is 1. The van der Waals surface area contributed by atoms with Gasteiger partial charge >= 0.3 is 6.09 Å². The van der Waals surface area contributed by atoms with Gasteiger partial charge in [0.1, 0.15) is 18.0 Å². The van der Waals surface area contributed by atoms with Crippen LogP contribution in [0.4, 0.5) is 9.18 Å². The maximum absolute atomic E-state index is 12.7. The number of halogens is 1. The molecule has 1 aliphatic heterocycles. The van der Waals surface area contributed by atoms with E-state index >= 15 is 0 Å². The molecule has 5 heteroatoms. The van der Waals surface area contributed by atoms with Crippen LogP contribution in [-0.2, 0) is 10.3 Å². The molecule has 0 saturated carbocycles. The number of rotatable bonds is 2. The molecular weight excluding hydrogens is 201 g/mol. The van der Waals surface area contributed by atoms with E-state index in [1.807, 2.05) is 0 Å². The summed E-state index contributed by atoms with van der Waals surface area (Å²) >= 11 is 0. The average Bonchev–Trinajstić information content (AvgIpc) is 2.62. The normalized spacial score (nSPS) is 24.8. The summed E-state index contributed by atoms with van der Waals surface area (Å²) < 4.78 is 17.4. The molecule has 0 bridgehead atoms. The van der Waals surface area contributed by atoms with Gasteiger partial charge in [-0.3, -0.25) is 0 Å². The van der Waals surface area contributed by atoms with Crippen LogP contribution in [-0.4, -0.2) is 24.4 Å². The van der Waals surface area contributed by atoms with E-state index in [2.05, 4.69) is 5.32 Å². The Balaban J connectivity index is 2.34. The maximum atomic E-state index is 12.7. The SMILES string of the molecule is O=C1NC(CO)(c2ccc(F)cc2)CO1. The number of carbonyl (C=O) groups excluding carboxylic acids is 1. The zero-order valence-electron chi connectivity index (χ0n) is 7.87. The molecule has 1 fully saturated rings. The molecule has 2 rings (SSSR count). The molecular formula is C10H10FNO3. The van der Waals surface area contributed by atoms with Crippen molar-refractivity contribution in [2.45, 2.75) is 5.54 Å². The molecule has 4 nitrogen and oxygen atoms in total. The van der Waals surface area contributed by atoms with Crippen LogP contribution < -0.4 is 5.32 Å². The second-order valence-corrected chi connectivity index (χ2v) is 3.45. The van der Waals surface area contributed by atoms with Gasteiger partial charge in [0.2, 0.25) is 0 Å². The fourth-order valence-electron chi connectivity index (χ4n) is 1.56. The summed E-state index contributed by atoms with van der Waals surface area (Å²) in [6.45, 7) is -0.238. The Kier molecular flexibility index (Phi) is 2.32. The molecule has 0 spiro atoms. The standard InChI is InChI=1S/C10H10FNO3/c11-8-3-1-7(2-4-8)10(5-13)6-15-9(14)12-10/h1-4,13H,5-6H2,(H,12,14). The number of nitrogens with one attached hydrogen (secondary N) is 1. The number of hydrogen-bond acceptors (Lipinski definition) is 3. The van der Waals surface area contributed by atoms with Crippen molar-refractivity contribution in [3.05, 3.63) is 35.6 Å². The zero-order chi connectivity index (χ0) is 10.9. The fraction of sp³-hybridized carbons (Fsp3) is 0.300. The molecule has 0 radical (unpaired) electrons. The fourth-order valence-corrected chi connectivity index (χ4v) is 1.56. The molecule has 1 aromatic rings. The predicted octanol–water partition coefficient (Wildman–Crippen LogP) is 0.753. The highest BCUT2D eigenvalue weighted by molar-refractivity contribution is 5.71. The number of aliphatic hydroxyl groups excluding tert-OH is 1. The minimum Gasteiger partial charge on any atom is -0.447 e. The van der Waals surface area contributed by atoms with Gasteiger partial charge in [-0.2, -0.15) is 0 Å². The number of hydrogen-bond donors (Lipinski definition) is 2. The maximum Gasteiger partial charge on any atom is 0.408 e. The van der Waals surface area contributed by atoms with Gasteiger partial charge < -0.3 is 15.2 Å². The van der Waals surface area contributed by atoms with Gasteiger partial charge in [0.25, 0.3) is 0 Å². The van der Waals surface area contributed by atoms with Crippen molar-refractivity contribution in [1.29, 1.82) is 0 Å². The van der Waals surface area contributed by atoms with Gasteiger partial charge in [-0.15, -0.1) is 0 Å². The van der Waals surface area contributed by atoms with Crippen molar-refractivity contribution in [2.24, 2.45) is 0 Å². The Morgan fingerprint density at radius 3 is 2.60 bits per heavy atom. The number of ether oxygens (including phenoxy) is 1. The molecule has 2 N–H and O–H groups in total. The van der Waals surface area contributed by atoms with Gasteiger partial charge in [0.15, 0.2) is 0 Å². The molecule has 1 aromatic carbocycles. The summed E-state index contributed by atoms with van der Waals surface area (Å²) in [4.78, 5) is 10.9. The summed E-state index contributed by atoms with van der Waals surface area (Å²) in [5, 5.41) is 11.8. The molecule has 1 amide bonds. The Bertz CT molecular complexity index is 379. The lowest BCUT2D eigenvalue weighted by atomic mass is 9.92. The number of amides is 1. The van der Waals surface area contributed by atoms with E-state index < -0.39 is 11.6 Å². The second kappa shape index (κ2) is 3.51. The first-order chi connectivity index (χ1) is 7.16. The van der Waals surface area contributed by atoms with Gasteiger partial charge in [-0.1, -0.05) is 12.1 Å². The number of carbonyl (C=O) groups is 1. The molecule has 1 saturated heterocycles. The van der Waals surface area contributed by atoms with Gasteiger partial charge in [-0.25, -0.2) is 9.18 Å². The smallest absolute Gasteiger partial charge is 0.408 e. The lowest BCUT2D eigenvalue weighted by Gasteiger charge is -2.24. The molecule has 1 unspecified atom stereocenters. The second-order valence-electron chi connectivity index (χ2n) is 3.45. The van der Waals surface area contributed by atoms with Crippen LogP contribution in [0.15, 0.2) is 24.3 Å². The molecule has 15 heavy (non-hydrogen) atoms. The van der Waals surface area contributed by atoms with Crippen LogP contribution in [0.3, 0.4) is 0 Å². The third-order valence-corrected chi connectivity index (χ3v) is 2.46. The summed E-state index contributed by atoms with van der Waals surface area (Å²) in [5.74, 6) is -0.364. The molecule has 0 aromatic heterocycles. The largest absolute Gasteiger partial charge is 0.447 e. The third kappa shape index (κ3) is 1.66. The van der Waals surface area contributed by atoms with Crippen molar-refractivity contribution in [1.82, 2.24) is 5.32 Å². The van der Waals surface area contributed by atoms with Crippen molar-refractivity contribution in [2.75, 3.05) is 13.2 Å². The Morgan fingerprint density at radius 2 is 2.13 bits per heavy atom. The zero-order valence-corrected chi connectivity index (χ0v) is 7.87. The molecule has 1 heterocycles. The highest BCUT2D eigenvalue weighted by Crippen LogP contribution is 2.25. The van der Waals surface area contributed by atoms with Crippen molar-refractivity contribution in [3.8, 4) is 0 Å². The van der Waals surface area contributed by atoms with Crippen LogP contribution in [0.5, 0.6) is 0 Å². The topological polar surface area (TPSA) is 58.6 Å². The lowest BCUT2D eigenvalue weighted by molar-refractivity contribution is 0.145. The van der Waals surface area contributed by atoms with E-state index in [0.717, 1.165) is 0 Å². The van der Waals surface area contributed by atoms with E-state index in [-0.39, 0.29) is 19.0 Å². The van der Waals surface area contributed by atoms with Gasteiger partial charge in [-0.05, 0) is 17.7 Å². The minimum absolute atomic E-state index is 0.0496. The molecule has 1 aliphatic rings. The highest BCUT2D eigenvalue weighted by Gasteiger charge is 2.40. The van der Waals surface area contributed by atoms with E-state index in [1.54, 1.807) is 0 Å². The first kappa shape index (κ1) is 9.92. The first-order valence-electron chi connectivity index (χ1n) is 4.48. The number of cyclic esters (lactones) is 1. The van der Waals surface area contributed by atoms with Crippen LogP contribution in [0.25, 0.3) is 0 Å². The highest BCUT2D eigenvalue weighted by atomic mass is 19.1. The molecule has 0 aliphatic carbocycles. The lowest BCUT2D eigenvalue weighted by Crippen LogP contribution is -2.43.